The van der Waals surface area contributed by atoms with E-state index in [1.807, 2.05) is 25.2 Å². The van der Waals surface area contributed by atoms with Crippen LogP contribution in [0.5, 0.6) is 5.75 Å². The zero-order valence-electron chi connectivity index (χ0n) is 11.6. The van der Waals surface area contributed by atoms with Gasteiger partial charge in [-0.2, -0.15) is 0 Å². The van der Waals surface area contributed by atoms with Crippen LogP contribution in [0.15, 0.2) is 24.3 Å². The van der Waals surface area contributed by atoms with Gasteiger partial charge in [0.05, 0.1) is 0 Å². The minimum atomic E-state index is 0.132. The Kier molecular flexibility index (Phi) is 4.43. The number of phenolic OH excluding ortho intramolecular Hbond substituents is 1. The molecule has 4 nitrogen and oxygen atoms in total. The molecule has 0 aliphatic carbocycles. The summed E-state index contributed by atoms with van der Waals surface area (Å²) in [5, 5.41) is 13.5. The molecule has 0 bridgehead atoms. The Bertz CT molecular complexity index is 448. The van der Waals surface area contributed by atoms with Crippen molar-refractivity contribution in [2.45, 2.75) is 38.3 Å². The Labute approximate surface area is 114 Å². The SMILES string of the molecule is CCC(NC1CCC(=O)N(C)C1)c1ccccc1O. The molecule has 1 aliphatic rings. The lowest BCUT2D eigenvalue weighted by Gasteiger charge is -2.33. The number of benzene rings is 1. The number of hydrogen-bond donors (Lipinski definition) is 2. The molecule has 1 saturated heterocycles. The van der Waals surface area contributed by atoms with E-state index in [0.29, 0.717) is 18.2 Å². The third kappa shape index (κ3) is 3.26. The number of phenols is 1. The highest BCUT2D eigenvalue weighted by molar-refractivity contribution is 5.76. The predicted molar refractivity (Wildman–Crippen MR) is 74.9 cm³/mol. The summed E-state index contributed by atoms with van der Waals surface area (Å²) in [6, 6.07) is 7.87. The number of amides is 1. The molecule has 19 heavy (non-hydrogen) atoms. The maximum Gasteiger partial charge on any atom is 0.222 e. The van der Waals surface area contributed by atoms with Crippen LogP contribution >= 0.6 is 0 Å². The van der Waals surface area contributed by atoms with E-state index < -0.39 is 0 Å². The largest absolute Gasteiger partial charge is 0.508 e. The van der Waals surface area contributed by atoms with E-state index in [0.717, 1.165) is 24.9 Å². The van der Waals surface area contributed by atoms with Crippen molar-refractivity contribution in [2.24, 2.45) is 0 Å². The predicted octanol–water partition coefficient (Wildman–Crippen LogP) is 2.05. The van der Waals surface area contributed by atoms with Gasteiger partial charge in [-0.15, -0.1) is 0 Å². The Balaban J connectivity index is 2.04. The Morgan fingerprint density at radius 3 is 2.84 bits per heavy atom. The van der Waals surface area contributed by atoms with Crippen molar-refractivity contribution in [3.8, 4) is 5.75 Å². The molecule has 1 amide bonds. The number of rotatable bonds is 4. The second kappa shape index (κ2) is 6.06. The minimum absolute atomic E-state index is 0.132. The van der Waals surface area contributed by atoms with Gasteiger partial charge in [0, 0.05) is 37.7 Å². The van der Waals surface area contributed by atoms with Gasteiger partial charge < -0.3 is 15.3 Å². The number of para-hydroxylation sites is 1. The fraction of sp³-hybridized carbons (Fsp3) is 0.533. The average molecular weight is 262 g/mol. The maximum absolute atomic E-state index is 11.5. The first kappa shape index (κ1) is 13.9. The van der Waals surface area contributed by atoms with Gasteiger partial charge in [-0.1, -0.05) is 25.1 Å². The van der Waals surface area contributed by atoms with Crippen LogP contribution in [0, 0.1) is 0 Å². The highest BCUT2D eigenvalue weighted by atomic mass is 16.3. The molecule has 104 valence electrons. The van der Waals surface area contributed by atoms with Gasteiger partial charge >= 0.3 is 0 Å². The lowest BCUT2D eigenvalue weighted by atomic mass is 9.99. The van der Waals surface area contributed by atoms with E-state index in [2.05, 4.69) is 12.2 Å². The summed E-state index contributed by atoms with van der Waals surface area (Å²) >= 11 is 0. The summed E-state index contributed by atoms with van der Waals surface area (Å²) in [6.07, 6.45) is 2.38. The molecule has 0 radical (unpaired) electrons. The Morgan fingerprint density at radius 2 is 2.21 bits per heavy atom. The summed E-state index contributed by atoms with van der Waals surface area (Å²) in [6.45, 7) is 2.84. The Morgan fingerprint density at radius 1 is 1.47 bits per heavy atom. The summed E-state index contributed by atoms with van der Waals surface area (Å²) in [4.78, 5) is 13.3. The van der Waals surface area contributed by atoms with E-state index in [-0.39, 0.29) is 11.9 Å². The number of aromatic hydroxyl groups is 1. The molecule has 2 rings (SSSR count). The number of carbonyl (C=O) groups is 1. The highest BCUT2D eigenvalue weighted by Gasteiger charge is 2.25. The molecule has 4 heteroatoms. The molecule has 2 unspecified atom stereocenters. The van der Waals surface area contributed by atoms with E-state index in [1.54, 1.807) is 11.0 Å². The molecule has 0 saturated carbocycles. The van der Waals surface area contributed by atoms with Crippen molar-refractivity contribution < 1.29 is 9.90 Å². The van der Waals surface area contributed by atoms with Gasteiger partial charge in [-0.05, 0) is 18.9 Å². The van der Waals surface area contributed by atoms with Gasteiger partial charge in [0.1, 0.15) is 5.75 Å². The second-order valence-corrected chi connectivity index (χ2v) is 5.20. The van der Waals surface area contributed by atoms with Crippen LogP contribution in [-0.4, -0.2) is 35.5 Å². The van der Waals surface area contributed by atoms with Crippen molar-refractivity contribution in [3.63, 3.8) is 0 Å². The molecule has 2 atom stereocenters. The van der Waals surface area contributed by atoms with Crippen molar-refractivity contribution in [1.82, 2.24) is 10.2 Å². The number of nitrogens with one attached hydrogen (secondary N) is 1. The fourth-order valence-corrected chi connectivity index (χ4v) is 2.64. The van der Waals surface area contributed by atoms with Crippen LogP contribution in [0.1, 0.15) is 37.8 Å². The fourth-order valence-electron chi connectivity index (χ4n) is 2.64. The van der Waals surface area contributed by atoms with Crippen molar-refractivity contribution in [1.29, 1.82) is 0 Å². The van der Waals surface area contributed by atoms with Crippen LogP contribution in [0.2, 0.25) is 0 Å². The molecule has 1 fully saturated rings. The van der Waals surface area contributed by atoms with Crippen LogP contribution < -0.4 is 5.32 Å². The summed E-state index contributed by atoms with van der Waals surface area (Å²) in [5.41, 5.74) is 0.935. The van der Waals surface area contributed by atoms with Gasteiger partial charge in [0.15, 0.2) is 0 Å². The molecular formula is C15H22N2O2. The van der Waals surface area contributed by atoms with Gasteiger partial charge in [0.2, 0.25) is 5.91 Å². The van der Waals surface area contributed by atoms with Crippen molar-refractivity contribution >= 4 is 5.91 Å². The summed E-state index contributed by atoms with van der Waals surface area (Å²) in [5.74, 6) is 0.552. The molecular weight excluding hydrogens is 240 g/mol. The first-order chi connectivity index (χ1) is 9.11. The van der Waals surface area contributed by atoms with Gasteiger partial charge in [0.25, 0.3) is 0 Å². The first-order valence-corrected chi connectivity index (χ1v) is 6.89. The summed E-state index contributed by atoms with van der Waals surface area (Å²) < 4.78 is 0. The van der Waals surface area contributed by atoms with Crippen molar-refractivity contribution in [2.75, 3.05) is 13.6 Å². The second-order valence-electron chi connectivity index (χ2n) is 5.20. The third-order valence-electron chi connectivity index (χ3n) is 3.78. The average Bonchev–Trinajstić information content (AvgIpc) is 2.41. The third-order valence-corrected chi connectivity index (χ3v) is 3.78. The van der Waals surface area contributed by atoms with Crippen LogP contribution in [0.4, 0.5) is 0 Å². The van der Waals surface area contributed by atoms with Gasteiger partial charge in [-0.25, -0.2) is 0 Å². The van der Waals surface area contributed by atoms with Crippen LogP contribution in [0.25, 0.3) is 0 Å². The van der Waals surface area contributed by atoms with Gasteiger partial charge in [-0.3, -0.25) is 4.79 Å². The molecule has 0 spiro atoms. The Hall–Kier alpha value is -1.55. The number of nitrogens with zero attached hydrogens (tertiary/aromatic N) is 1. The standard InChI is InChI=1S/C15H22N2O2/c1-3-13(12-6-4-5-7-14(12)18)16-11-8-9-15(19)17(2)10-11/h4-7,11,13,16,18H,3,8-10H2,1-2H3. The number of likely N-dealkylation sites (N-methyl/N-ethyl adjacent to an activating group) is 1. The molecule has 1 aromatic rings. The van der Waals surface area contributed by atoms with E-state index >= 15 is 0 Å². The molecule has 1 heterocycles. The van der Waals surface area contributed by atoms with Crippen molar-refractivity contribution in [3.05, 3.63) is 29.8 Å². The number of piperidine rings is 1. The number of carbonyl (C=O) groups excluding carboxylic acids is 1. The summed E-state index contributed by atoms with van der Waals surface area (Å²) in [7, 11) is 1.84. The quantitative estimate of drug-likeness (QED) is 0.873. The highest BCUT2D eigenvalue weighted by Crippen LogP contribution is 2.27. The zero-order valence-corrected chi connectivity index (χ0v) is 11.6. The van der Waals surface area contributed by atoms with Crippen LogP contribution in [0.3, 0.4) is 0 Å². The zero-order chi connectivity index (χ0) is 13.8. The minimum Gasteiger partial charge on any atom is -0.508 e. The first-order valence-electron chi connectivity index (χ1n) is 6.89. The number of hydrogen-bond acceptors (Lipinski definition) is 3. The number of likely N-dealkylation sites (tertiary alicyclic amines) is 1. The van der Waals surface area contributed by atoms with E-state index in [9.17, 15) is 9.90 Å². The lowest BCUT2D eigenvalue weighted by molar-refractivity contribution is -0.132. The topological polar surface area (TPSA) is 52.6 Å². The monoisotopic (exact) mass is 262 g/mol. The normalized spacial score (nSPS) is 21.5. The maximum atomic E-state index is 11.5. The molecule has 2 N–H and O–H groups in total. The molecule has 1 aromatic carbocycles. The lowest BCUT2D eigenvalue weighted by Crippen LogP contribution is -2.47. The van der Waals surface area contributed by atoms with Crippen LogP contribution in [-0.2, 0) is 4.79 Å². The van der Waals surface area contributed by atoms with E-state index in [1.165, 1.54) is 0 Å². The molecule has 0 aromatic heterocycles. The molecule has 1 aliphatic heterocycles. The van der Waals surface area contributed by atoms with E-state index in [4.69, 9.17) is 0 Å². The smallest absolute Gasteiger partial charge is 0.222 e.